The molecule has 158 valence electrons. The number of fused-ring (bicyclic) bond motifs is 3. The number of cyclic esters (lactones) is 1. The van der Waals surface area contributed by atoms with Gasteiger partial charge in [-0.3, -0.25) is 4.79 Å². The van der Waals surface area contributed by atoms with Crippen LogP contribution in [0.25, 0.3) is 0 Å². The van der Waals surface area contributed by atoms with Gasteiger partial charge < -0.3 is 19.9 Å². The van der Waals surface area contributed by atoms with Gasteiger partial charge in [0, 0.05) is 22.5 Å². The quantitative estimate of drug-likeness (QED) is 0.454. The SMILES string of the molecule is CC1=C(C)[C@H](O/C=C2/C(=O)O[C@H]3c4cc(CC(C)(C)C(N)=O)ccc4C[C@@H]23)OC1=O. The first-order chi connectivity index (χ1) is 14.1. The van der Waals surface area contributed by atoms with E-state index in [1.807, 2.05) is 32.0 Å². The Hall–Kier alpha value is -3.09. The molecule has 7 heteroatoms. The van der Waals surface area contributed by atoms with Gasteiger partial charge in [0.15, 0.2) is 0 Å². The molecule has 0 bridgehead atoms. The first kappa shape index (κ1) is 20.2. The van der Waals surface area contributed by atoms with E-state index in [-0.39, 0.29) is 17.9 Å². The van der Waals surface area contributed by atoms with Gasteiger partial charge in [-0.15, -0.1) is 0 Å². The Morgan fingerprint density at radius 1 is 1.23 bits per heavy atom. The number of hydrogen-bond acceptors (Lipinski definition) is 6. The Morgan fingerprint density at radius 3 is 2.60 bits per heavy atom. The molecule has 4 rings (SSSR count). The highest BCUT2D eigenvalue weighted by Gasteiger charge is 2.47. The molecule has 1 amide bonds. The van der Waals surface area contributed by atoms with Gasteiger partial charge in [0.05, 0.1) is 11.8 Å². The number of esters is 2. The summed E-state index contributed by atoms with van der Waals surface area (Å²) >= 11 is 0. The number of carbonyl (C=O) groups is 3. The molecule has 0 unspecified atom stereocenters. The monoisotopic (exact) mass is 411 g/mol. The second-order valence-corrected chi connectivity index (χ2v) is 8.85. The van der Waals surface area contributed by atoms with Crippen LogP contribution in [0.4, 0.5) is 0 Å². The van der Waals surface area contributed by atoms with E-state index < -0.39 is 23.6 Å². The number of amides is 1. The van der Waals surface area contributed by atoms with Crippen LogP contribution in [0.15, 0.2) is 41.2 Å². The Morgan fingerprint density at radius 2 is 1.97 bits per heavy atom. The van der Waals surface area contributed by atoms with Crippen LogP contribution in [0, 0.1) is 11.3 Å². The molecule has 7 nitrogen and oxygen atoms in total. The Balaban J connectivity index is 1.54. The molecule has 3 atom stereocenters. The molecule has 2 aliphatic heterocycles. The summed E-state index contributed by atoms with van der Waals surface area (Å²) in [4.78, 5) is 35.8. The number of ether oxygens (including phenoxy) is 3. The van der Waals surface area contributed by atoms with Crippen LogP contribution in [0.5, 0.6) is 0 Å². The molecule has 0 radical (unpaired) electrons. The number of rotatable bonds is 5. The standard InChI is InChI=1S/C23H25NO6/c1-11-12(2)21(30-19(11)25)28-10-17-16-8-14-6-5-13(9-23(3,4)22(24)27)7-15(14)18(16)29-20(17)26/h5-7,10,16,18,21H,8-9H2,1-4H3,(H2,24,27)/b17-10+/t16-,18-,21+/m0/s1. The number of nitrogens with two attached hydrogens (primary N) is 1. The van der Waals surface area contributed by atoms with E-state index >= 15 is 0 Å². The maximum absolute atomic E-state index is 12.5. The van der Waals surface area contributed by atoms with Crippen LogP contribution < -0.4 is 5.73 Å². The van der Waals surface area contributed by atoms with E-state index in [1.165, 1.54) is 6.26 Å². The average molecular weight is 411 g/mol. The summed E-state index contributed by atoms with van der Waals surface area (Å²) in [7, 11) is 0. The van der Waals surface area contributed by atoms with Crippen LogP contribution >= 0.6 is 0 Å². The molecule has 1 fully saturated rings. The molecule has 2 N–H and O–H groups in total. The summed E-state index contributed by atoms with van der Waals surface area (Å²) in [6, 6.07) is 6.00. The minimum atomic E-state index is -0.816. The molecular weight excluding hydrogens is 386 g/mol. The summed E-state index contributed by atoms with van der Waals surface area (Å²) in [5.41, 5.74) is 9.50. The predicted molar refractivity (Wildman–Crippen MR) is 107 cm³/mol. The molecule has 2 heterocycles. The minimum Gasteiger partial charge on any atom is -0.458 e. The molecule has 30 heavy (non-hydrogen) atoms. The fraction of sp³-hybridized carbons (Fsp3) is 0.435. The zero-order valence-corrected chi connectivity index (χ0v) is 17.5. The predicted octanol–water partition coefficient (Wildman–Crippen LogP) is 2.63. The van der Waals surface area contributed by atoms with Gasteiger partial charge in [0.25, 0.3) is 6.29 Å². The second-order valence-electron chi connectivity index (χ2n) is 8.85. The van der Waals surface area contributed by atoms with E-state index in [1.54, 1.807) is 13.8 Å². The Bertz CT molecular complexity index is 1020. The van der Waals surface area contributed by atoms with Crippen molar-refractivity contribution in [1.82, 2.24) is 0 Å². The summed E-state index contributed by atoms with van der Waals surface area (Å²) in [5.74, 6) is -1.36. The molecular formula is C23H25NO6. The molecule has 0 saturated carbocycles. The van der Waals surface area contributed by atoms with E-state index in [0.29, 0.717) is 29.6 Å². The summed E-state index contributed by atoms with van der Waals surface area (Å²) in [6.45, 7) is 7.07. The van der Waals surface area contributed by atoms with Crippen LogP contribution in [0.1, 0.15) is 50.5 Å². The maximum Gasteiger partial charge on any atom is 0.338 e. The van der Waals surface area contributed by atoms with Crippen molar-refractivity contribution in [3.05, 3.63) is 57.9 Å². The highest BCUT2D eigenvalue weighted by molar-refractivity contribution is 5.92. The lowest BCUT2D eigenvalue weighted by Crippen LogP contribution is -2.33. The molecule has 1 saturated heterocycles. The van der Waals surface area contributed by atoms with Crippen molar-refractivity contribution in [3.63, 3.8) is 0 Å². The topological polar surface area (TPSA) is 105 Å². The number of primary amides is 1. The van der Waals surface area contributed by atoms with Crippen molar-refractivity contribution in [2.45, 2.75) is 52.9 Å². The molecule has 1 aromatic rings. The van der Waals surface area contributed by atoms with E-state index in [0.717, 1.165) is 16.7 Å². The smallest absolute Gasteiger partial charge is 0.338 e. The number of benzene rings is 1. The van der Waals surface area contributed by atoms with Gasteiger partial charge >= 0.3 is 11.9 Å². The van der Waals surface area contributed by atoms with Gasteiger partial charge in [-0.25, -0.2) is 9.59 Å². The van der Waals surface area contributed by atoms with Gasteiger partial charge in [-0.1, -0.05) is 32.0 Å². The first-order valence-electron chi connectivity index (χ1n) is 9.95. The fourth-order valence-corrected chi connectivity index (χ4v) is 4.13. The zero-order chi connectivity index (χ0) is 21.8. The average Bonchev–Trinajstić information content (AvgIpc) is 3.25. The Kier molecular flexibility index (Phi) is 4.71. The van der Waals surface area contributed by atoms with E-state index in [2.05, 4.69) is 0 Å². The molecule has 3 aliphatic rings. The highest BCUT2D eigenvalue weighted by Crippen LogP contribution is 2.48. The molecule has 0 aromatic heterocycles. The number of carbonyl (C=O) groups excluding carboxylic acids is 3. The molecule has 1 aliphatic carbocycles. The molecule has 0 spiro atoms. The van der Waals surface area contributed by atoms with Crippen LogP contribution in [0.2, 0.25) is 0 Å². The van der Waals surface area contributed by atoms with Crippen molar-refractivity contribution in [3.8, 4) is 0 Å². The second kappa shape index (κ2) is 7.00. The van der Waals surface area contributed by atoms with Crippen molar-refractivity contribution in [2.75, 3.05) is 0 Å². The fourth-order valence-electron chi connectivity index (χ4n) is 4.13. The Labute approximate surface area is 174 Å². The zero-order valence-electron chi connectivity index (χ0n) is 17.5. The third-order valence-electron chi connectivity index (χ3n) is 6.29. The van der Waals surface area contributed by atoms with Gasteiger partial charge in [0.1, 0.15) is 6.10 Å². The van der Waals surface area contributed by atoms with E-state index in [4.69, 9.17) is 19.9 Å². The van der Waals surface area contributed by atoms with Gasteiger partial charge in [0.2, 0.25) is 5.91 Å². The summed E-state index contributed by atoms with van der Waals surface area (Å²) in [5, 5.41) is 0. The van der Waals surface area contributed by atoms with Crippen LogP contribution in [-0.4, -0.2) is 24.1 Å². The lowest BCUT2D eigenvalue weighted by molar-refractivity contribution is -0.153. The summed E-state index contributed by atoms with van der Waals surface area (Å²) in [6.07, 6.45) is 1.33. The number of hydrogen-bond donors (Lipinski definition) is 1. The lowest BCUT2D eigenvalue weighted by atomic mass is 9.84. The maximum atomic E-state index is 12.5. The van der Waals surface area contributed by atoms with Crippen molar-refractivity contribution < 1.29 is 28.6 Å². The van der Waals surface area contributed by atoms with Gasteiger partial charge in [-0.2, -0.15) is 0 Å². The van der Waals surface area contributed by atoms with Crippen molar-refractivity contribution in [2.24, 2.45) is 17.1 Å². The third kappa shape index (κ3) is 3.28. The first-order valence-corrected chi connectivity index (χ1v) is 9.95. The van der Waals surface area contributed by atoms with Crippen LogP contribution in [0.3, 0.4) is 0 Å². The largest absolute Gasteiger partial charge is 0.458 e. The van der Waals surface area contributed by atoms with Crippen LogP contribution in [-0.2, 0) is 41.4 Å². The van der Waals surface area contributed by atoms with Crippen molar-refractivity contribution in [1.29, 1.82) is 0 Å². The minimum absolute atomic E-state index is 0.158. The normalized spacial score (nSPS) is 26.5. The lowest BCUT2D eigenvalue weighted by Gasteiger charge is -2.21. The highest BCUT2D eigenvalue weighted by atomic mass is 16.7. The molecule has 1 aromatic carbocycles. The summed E-state index contributed by atoms with van der Waals surface area (Å²) < 4.78 is 16.4. The van der Waals surface area contributed by atoms with Crippen molar-refractivity contribution >= 4 is 17.8 Å². The van der Waals surface area contributed by atoms with Gasteiger partial charge in [-0.05, 0) is 43.4 Å². The van der Waals surface area contributed by atoms with E-state index in [9.17, 15) is 14.4 Å². The third-order valence-corrected chi connectivity index (χ3v) is 6.29.